The summed E-state index contributed by atoms with van der Waals surface area (Å²) in [6.07, 6.45) is 0.0552. The Morgan fingerprint density at radius 1 is 1.26 bits per heavy atom. The number of ether oxygens (including phenoxy) is 1. The maximum Gasteiger partial charge on any atom is 0.226 e. The first-order valence-electron chi connectivity index (χ1n) is 9.82. The standard InChI is InChI=1S/C22H18F2N4O2S/c1-3-30-13-5-7-17-18(9-13)31-22(25-17)28-21-20(11(2)27-28)15(10-19(29)26-21)14-6-4-12(23)8-16(14)24/h4-9,15H,3,10H2,1-2H3,(H,26,29)/t15-/m1/s1. The first-order chi connectivity index (χ1) is 14.9. The number of thiazole rings is 1. The quantitative estimate of drug-likeness (QED) is 0.488. The van der Waals surface area contributed by atoms with Crippen molar-refractivity contribution in [2.24, 2.45) is 0 Å². The zero-order valence-corrected chi connectivity index (χ0v) is 17.6. The highest BCUT2D eigenvalue weighted by molar-refractivity contribution is 7.20. The lowest BCUT2D eigenvalue weighted by Gasteiger charge is -2.24. The average molecular weight is 440 g/mol. The third kappa shape index (κ3) is 3.34. The van der Waals surface area contributed by atoms with Crippen molar-refractivity contribution in [2.75, 3.05) is 11.9 Å². The van der Waals surface area contributed by atoms with Crippen LogP contribution < -0.4 is 10.1 Å². The third-order valence-corrected chi connectivity index (χ3v) is 6.27. The maximum atomic E-state index is 14.5. The molecule has 5 rings (SSSR count). The van der Waals surface area contributed by atoms with Crippen molar-refractivity contribution >= 4 is 33.3 Å². The summed E-state index contributed by atoms with van der Waals surface area (Å²) in [5.74, 6) is -0.939. The van der Waals surface area contributed by atoms with E-state index in [1.54, 1.807) is 4.68 Å². The summed E-state index contributed by atoms with van der Waals surface area (Å²) in [6.45, 7) is 4.29. The van der Waals surface area contributed by atoms with Crippen LogP contribution in [0.2, 0.25) is 0 Å². The number of aryl methyl sites for hydroxylation is 1. The summed E-state index contributed by atoms with van der Waals surface area (Å²) in [5, 5.41) is 8.03. The molecule has 0 aliphatic carbocycles. The second kappa shape index (κ2) is 7.42. The Balaban J connectivity index is 1.63. The highest BCUT2D eigenvalue weighted by atomic mass is 32.1. The van der Waals surface area contributed by atoms with Gasteiger partial charge in [0.1, 0.15) is 23.2 Å². The van der Waals surface area contributed by atoms with Crippen molar-refractivity contribution in [1.82, 2.24) is 14.8 Å². The molecule has 2 aromatic heterocycles. The van der Waals surface area contributed by atoms with E-state index in [2.05, 4.69) is 15.4 Å². The molecule has 1 atom stereocenters. The number of amides is 1. The van der Waals surface area contributed by atoms with Crippen LogP contribution >= 0.6 is 11.3 Å². The van der Waals surface area contributed by atoms with Gasteiger partial charge in [0, 0.05) is 24.0 Å². The minimum atomic E-state index is -0.679. The minimum absolute atomic E-state index is 0.0552. The summed E-state index contributed by atoms with van der Waals surface area (Å²) >= 11 is 1.41. The second-order valence-corrected chi connectivity index (χ2v) is 8.30. The van der Waals surface area contributed by atoms with Crippen LogP contribution in [0.4, 0.5) is 14.6 Å². The summed E-state index contributed by atoms with van der Waals surface area (Å²) in [6, 6.07) is 9.07. The van der Waals surface area contributed by atoms with Gasteiger partial charge in [-0.25, -0.2) is 13.8 Å². The molecule has 6 nitrogen and oxygen atoms in total. The fourth-order valence-corrected chi connectivity index (χ4v) is 4.93. The predicted molar refractivity (Wildman–Crippen MR) is 114 cm³/mol. The first kappa shape index (κ1) is 19.6. The first-order valence-corrected chi connectivity index (χ1v) is 10.6. The van der Waals surface area contributed by atoms with Crippen LogP contribution in [-0.4, -0.2) is 27.3 Å². The molecule has 0 saturated heterocycles. The van der Waals surface area contributed by atoms with Crippen LogP contribution in [0.5, 0.6) is 5.75 Å². The topological polar surface area (TPSA) is 69.0 Å². The molecule has 9 heteroatoms. The molecule has 0 spiro atoms. The molecule has 0 bridgehead atoms. The minimum Gasteiger partial charge on any atom is -0.494 e. The molecular weight excluding hydrogens is 422 g/mol. The van der Waals surface area contributed by atoms with Gasteiger partial charge < -0.3 is 10.1 Å². The van der Waals surface area contributed by atoms with Gasteiger partial charge in [-0.3, -0.25) is 4.79 Å². The number of hydrogen-bond donors (Lipinski definition) is 1. The number of benzene rings is 2. The summed E-state index contributed by atoms with van der Waals surface area (Å²) in [4.78, 5) is 17.1. The van der Waals surface area contributed by atoms with E-state index in [-0.39, 0.29) is 17.9 Å². The molecule has 4 aromatic rings. The molecule has 31 heavy (non-hydrogen) atoms. The summed E-state index contributed by atoms with van der Waals surface area (Å²) < 4.78 is 36.0. The lowest BCUT2D eigenvalue weighted by molar-refractivity contribution is -0.116. The van der Waals surface area contributed by atoms with Gasteiger partial charge in [0.15, 0.2) is 0 Å². The van der Waals surface area contributed by atoms with E-state index >= 15 is 0 Å². The van der Waals surface area contributed by atoms with E-state index in [9.17, 15) is 13.6 Å². The second-order valence-electron chi connectivity index (χ2n) is 7.29. The Bertz CT molecular complexity index is 1330. The largest absolute Gasteiger partial charge is 0.494 e. The van der Waals surface area contributed by atoms with Crippen LogP contribution in [-0.2, 0) is 4.79 Å². The average Bonchev–Trinajstić information content (AvgIpc) is 3.28. The Morgan fingerprint density at radius 2 is 2.10 bits per heavy atom. The van der Waals surface area contributed by atoms with Crippen molar-refractivity contribution in [3.63, 3.8) is 0 Å². The van der Waals surface area contributed by atoms with Crippen LogP contribution in [0, 0.1) is 18.6 Å². The number of carbonyl (C=O) groups excluding carboxylic acids is 1. The molecule has 1 aliphatic heterocycles. The molecule has 158 valence electrons. The van der Waals surface area contributed by atoms with Crippen LogP contribution in [0.3, 0.4) is 0 Å². The van der Waals surface area contributed by atoms with Gasteiger partial charge in [0.2, 0.25) is 11.0 Å². The number of carbonyl (C=O) groups is 1. The summed E-state index contributed by atoms with van der Waals surface area (Å²) in [5.41, 5.74) is 2.41. The fourth-order valence-electron chi connectivity index (χ4n) is 3.98. The fraction of sp³-hybridized carbons (Fsp3) is 0.227. The van der Waals surface area contributed by atoms with E-state index in [1.807, 2.05) is 32.0 Å². The molecule has 0 unspecified atom stereocenters. The molecule has 1 amide bonds. The zero-order valence-electron chi connectivity index (χ0n) is 16.8. The number of nitrogens with one attached hydrogen (secondary N) is 1. The molecule has 1 aliphatic rings. The van der Waals surface area contributed by atoms with Gasteiger partial charge in [0.25, 0.3) is 0 Å². The maximum absolute atomic E-state index is 14.5. The lowest BCUT2D eigenvalue weighted by atomic mass is 9.85. The van der Waals surface area contributed by atoms with Crippen molar-refractivity contribution in [3.05, 3.63) is 64.9 Å². The van der Waals surface area contributed by atoms with E-state index in [4.69, 9.17) is 4.74 Å². The Labute approximate surface area is 180 Å². The van der Waals surface area contributed by atoms with Crippen molar-refractivity contribution in [3.8, 4) is 10.9 Å². The Kier molecular flexibility index (Phi) is 4.70. The molecule has 0 saturated carbocycles. The lowest BCUT2D eigenvalue weighted by Crippen LogP contribution is -2.25. The highest BCUT2D eigenvalue weighted by Crippen LogP contribution is 2.42. The monoisotopic (exact) mass is 440 g/mol. The van der Waals surface area contributed by atoms with Gasteiger partial charge in [0.05, 0.1) is 22.5 Å². The summed E-state index contributed by atoms with van der Waals surface area (Å²) in [7, 11) is 0. The number of halogens is 2. The van der Waals surface area contributed by atoms with Crippen molar-refractivity contribution in [2.45, 2.75) is 26.2 Å². The van der Waals surface area contributed by atoms with E-state index < -0.39 is 17.6 Å². The third-order valence-electron chi connectivity index (χ3n) is 5.28. The van der Waals surface area contributed by atoms with Crippen molar-refractivity contribution < 1.29 is 18.3 Å². The number of aromatic nitrogens is 3. The zero-order chi connectivity index (χ0) is 21.7. The van der Waals surface area contributed by atoms with E-state index in [0.717, 1.165) is 22.0 Å². The highest BCUT2D eigenvalue weighted by Gasteiger charge is 2.34. The number of rotatable bonds is 4. The molecule has 0 fully saturated rings. The molecular formula is C22H18F2N4O2S. The van der Waals surface area contributed by atoms with Crippen molar-refractivity contribution in [1.29, 1.82) is 0 Å². The van der Waals surface area contributed by atoms with Crippen LogP contribution in [0.25, 0.3) is 15.3 Å². The number of hydrogen-bond acceptors (Lipinski definition) is 5. The number of nitrogens with zero attached hydrogens (tertiary/aromatic N) is 3. The Hall–Kier alpha value is -3.33. The van der Waals surface area contributed by atoms with E-state index in [0.29, 0.717) is 28.8 Å². The van der Waals surface area contributed by atoms with Crippen LogP contribution in [0.15, 0.2) is 36.4 Å². The molecule has 1 N–H and O–H groups in total. The SMILES string of the molecule is CCOc1ccc2nc(-n3nc(C)c4c3NC(=O)C[C@@H]4c3ccc(F)cc3F)sc2c1. The van der Waals surface area contributed by atoms with Crippen LogP contribution in [0.1, 0.15) is 36.1 Å². The van der Waals surface area contributed by atoms with Gasteiger partial charge >= 0.3 is 0 Å². The Morgan fingerprint density at radius 3 is 2.87 bits per heavy atom. The van der Waals surface area contributed by atoms with Gasteiger partial charge in [-0.05, 0) is 43.7 Å². The smallest absolute Gasteiger partial charge is 0.226 e. The van der Waals surface area contributed by atoms with Gasteiger partial charge in [-0.1, -0.05) is 17.4 Å². The van der Waals surface area contributed by atoms with E-state index in [1.165, 1.54) is 23.5 Å². The number of fused-ring (bicyclic) bond motifs is 2. The molecule has 0 radical (unpaired) electrons. The predicted octanol–water partition coefficient (Wildman–Crippen LogP) is 4.94. The molecule has 3 heterocycles. The van der Waals surface area contributed by atoms with Gasteiger partial charge in [-0.15, -0.1) is 0 Å². The van der Waals surface area contributed by atoms with Gasteiger partial charge in [-0.2, -0.15) is 9.78 Å². The molecule has 2 aromatic carbocycles. The number of anilines is 1. The normalized spacial score (nSPS) is 15.7.